The molecule has 0 radical (unpaired) electrons. The van der Waals surface area contributed by atoms with Crippen molar-refractivity contribution in [3.8, 4) is 17.4 Å². The Balaban J connectivity index is 1.79. The number of hydrogen-bond donors (Lipinski definition) is 2. The number of furan rings is 1. The molecule has 6 nitrogen and oxygen atoms in total. The fourth-order valence-corrected chi connectivity index (χ4v) is 3.69. The number of benzene rings is 1. The van der Waals surface area contributed by atoms with E-state index >= 15 is 0 Å². The number of carboxylic acid groups (broad SMARTS) is 1. The molecule has 0 aliphatic heterocycles. The van der Waals surface area contributed by atoms with Gasteiger partial charge in [0.1, 0.15) is 23.2 Å². The number of amides is 1. The van der Waals surface area contributed by atoms with Crippen molar-refractivity contribution in [1.82, 2.24) is 5.32 Å². The number of rotatable bonds is 5. The molecular formula is C22H21ClN2O4. The zero-order chi connectivity index (χ0) is 21.0. The summed E-state index contributed by atoms with van der Waals surface area (Å²) in [6.07, 6.45) is 5.61. The van der Waals surface area contributed by atoms with Gasteiger partial charge in [0.25, 0.3) is 5.91 Å². The average Bonchev–Trinajstić information content (AvgIpc) is 3.16. The summed E-state index contributed by atoms with van der Waals surface area (Å²) >= 11 is 5.90. The summed E-state index contributed by atoms with van der Waals surface area (Å²) < 4.78 is 5.69. The molecule has 1 amide bonds. The number of nitrogens with zero attached hydrogens (tertiary/aromatic N) is 1. The van der Waals surface area contributed by atoms with E-state index in [1.807, 2.05) is 6.07 Å². The van der Waals surface area contributed by atoms with Crippen LogP contribution in [0.2, 0.25) is 5.02 Å². The van der Waals surface area contributed by atoms with Gasteiger partial charge in [0.15, 0.2) is 0 Å². The molecule has 1 heterocycles. The van der Waals surface area contributed by atoms with Crippen molar-refractivity contribution in [2.24, 2.45) is 5.92 Å². The maximum atomic E-state index is 12.5. The fraction of sp³-hybridized carbons (Fsp3) is 0.318. The first-order valence-corrected chi connectivity index (χ1v) is 9.82. The van der Waals surface area contributed by atoms with Gasteiger partial charge in [-0.2, -0.15) is 5.26 Å². The molecule has 1 fully saturated rings. The highest BCUT2D eigenvalue weighted by molar-refractivity contribution is 6.33. The van der Waals surface area contributed by atoms with Crippen molar-refractivity contribution < 1.29 is 19.1 Å². The van der Waals surface area contributed by atoms with E-state index in [1.54, 1.807) is 18.2 Å². The normalized spacial score (nSPS) is 19.4. The van der Waals surface area contributed by atoms with E-state index in [0.717, 1.165) is 25.7 Å². The molecule has 29 heavy (non-hydrogen) atoms. The molecule has 0 spiro atoms. The van der Waals surface area contributed by atoms with Gasteiger partial charge in [-0.1, -0.05) is 31.4 Å². The van der Waals surface area contributed by atoms with E-state index in [-0.39, 0.29) is 22.2 Å². The van der Waals surface area contributed by atoms with Crippen molar-refractivity contribution in [3.63, 3.8) is 0 Å². The molecule has 2 N–H and O–H groups in total. The number of carbonyl (C=O) groups is 2. The second-order valence-corrected chi connectivity index (χ2v) is 7.62. The molecule has 1 aliphatic carbocycles. The van der Waals surface area contributed by atoms with Crippen LogP contribution in [-0.2, 0) is 4.79 Å². The zero-order valence-electron chi connectivity index (χ0n) is 15.9. The smallest absolute Gasteiger partial charge is 0.337 e. The van der Waals surface area contributed by atoms with Gasteiger partial charge in [-0.25, -0.2) is 4.79 Å². The summed E-state index contributed by atoms with van der Waals surface area (Å²) in [4.78, 5) is 23.8. The minimum atomic E-state index is -1.14. The topological polar surface area (TPSA) is 103 Å². The number of carboxylic acids is 1. The molecule has 2 atom stereocenters. The number of nitrogens with one attached hydrogen (secondary N) is 1. The van der Waals surface area contributed by atoms with Crippen molar-refractivity contribution in [3.05, 3.63) is 52.3 Å². The average molecular weight is 413 g/mol. The summed E-state index contributed by atoms with van der Waals surface area (Å²) in [6.45, 7) is 2.11. The van der Waals surface area contributed by atoms with Gasteiger partial charge < -0.3 is 14.8 Å². The van der Waals surface area contributed by atoms with E-state index in [1.165, 1.54) is 18.2 Å². The molecule has 0 saturated heterocycles. The van der Waals surface area contributed by atoms with Crippen molar-refractivity contribution in [2.45, 2.75) is 38.6 Å². The van der Waals surface area contributed by atoms with Crippen molar-refractivity contribution >= 4 is 29.6 Å². The molecule has 7 heteroatoms. The van der Waals surface area contributed by atoms with Gasteiger partial charge in [-0.05, 0) is 49.1 Å². The van der Waals surface area contributed by atoms with Gasteiger partial charge in [0, 0.05) is 17.7 Å². The number of hydrogen-bond acceptors (Lipinski definition) is 4. The molecule has 150 valence electrons. The van der Waals surface area contributed by atoms with Crippen LogP contribution >= 0.6 is 11.6 Å². The third-order valence-corrected chi connectivity index (χ3v) is 5.52. The van der Waals surface area contributed by atoms with Crippen LogP contribution < -0.4 is 5.32 Å². The third-order valence-electron chi connectivity index (χ3n) is 5.19. The van der Waals surface area contributed by atoms with Crippen LogP contribution in [0.5, 0.6) is 0 Å². The molecule has 1 aliphatic rings. The van der Waals surface area contributed by atoms with E-state index in [2.05, 4.69) is 12.2 Å². The Morgan fingerprint density at radius 1 is 1.28 bits per heavy atom. The molecule has 0 bridgehead atoms. The molecule has 2 aromatic rings. The number of halogens is 1. The SMILES string of the molecule is C[C@@H]1CCCC[C@@H]1NC(=O)/C(C#N)=C/c1ccc(-c2ccc(Cl)c(C(=O)O)c2)o1. The Labute approximate surface area is 173 Å². The third kappa shape index (κ3) is 4.87. The first-order chi connectivity index (χ1) is 13.9. The van der Waals surface area contributed by atoms with E-state index in [9.17, 15) is 20.0 Å². The highest BCUT2D eigenvalue weighted by Crippen LogP contribution is 2.28. The van der Waals surface area contributed by atoms with Crippen LogP contribution in [0.1, 0.15) is 48.7 Å². The maximum Gasteiger partial charge on any atom is 0.337 e. The van der Waals surface area contributed by atoms with E-state index < -0.39 is 11.9 Å². The second-order valence-electron chi connectivity index (χ2n) is 7.21. The minimum absolute atomic E-state index is 0.0312. The molecule has 1 aromatic heterocycles. The Bertz CT molecular complexity index is 1000. The lowest BCUT2D eigenvalue weighted by molar-refractivity contribution is -0.118. The lowest BCUT2D eigenvalue weighted by Crippen LogP contribution is -2.41. The summed E-state index contributed by atoms with van der Waals surface area (Å²) in [5, 5.41) is 21.7. The molecule has 1 aromatic carbocycles. The van der Waals surface area contributed by atoms with E-state index in [4.69, 9.17) is 16.0 Å². The van der Waals surface area contributed by atoms with Gasteiger partial charge >= 0.3 is 5.97 Å². The van der Waals surface area contributed by atoms with Gasteiger partial charge in [0.05, 0.1) is 10.6 Å². The predicted molar refractivity (Wildman–Crippen MR) is 109 cm³/mol. The first-order valence-electron chi connectivity index (χ1n) is 9.44. The lowest BCUT2D eigenvalue weighted by Gasteiger charge is -2.29. The van der Waals surface area contributed by atoms with Gasteiger partial charge in [-0.15, -0.1) is 0 Å². The summed E-state index contributed by atoms with van der Waals surface area (Å²) in [5.41, 5.74) is 0.466. The first kappa shape index (κ1) is 20.7. The highest BCUT2D eigenvalue weighted by Gasteiger charge is 2.24. The van der Waals surface area contributed by atoms with Crippen LogP contribution in [0, 0.1) is 17.2 Å². The van der Waals surface area contributed by atoms with Gasteiger partial charge in [-0.3, -0.25) is 4.79 Å². The Kier molecular flexibility index (Phi) is 6.40. The number of carbonyl (C=O) groups excluding carboxylic acids is 1. The number of aromatic carboxylic acids is 1. The predicted octanol–water partition coefficient (Wildman–Crippen LogP) is 4.90. The van der Waals surface area contributed by atoms with E-state index in [0.29, 0.717) is 23.0 Å². The van der Waals surface area contributed by atoms with Crippen molar-refractivity contribution in [1.29, 1.82) is 5.26 Å². The van der Waals surface area contributed by atoms with Crippen LogP contribution in [-0.4, -0.2) is 23.0 Å². The summed E-state index contributed by atoms with van der Waals surface area (Å²) in [6, 6.07) is 9.82. The lowest BCUT2D eigenvalue weighted by atomic mass is 9.86. The minimum Gasteiger partial charge on any atom is -0.478 e. The van der Waals surface area contributed by atoms with Crippen LogP contribution in [0.15, 0.2) is 40.3 Å². The van der Waals surface area contributed by atoms with Crippen LogP contribution in [0.4, 0.5) is 0 Å². The maximum absolute atomic E-state index is 12.5. The Hall–Kier alpha value is -3.04. The largest absolute Gasteiger partial charge is 0.478 e. The molecule has 3 rings (SSSR count). The Morgan fingerprint density at radius 2 is 2.03 bits per heavy atom. The zero-order valence-corrected chi connectivity index (χ0v) is 16.7. The number of nitriles is 1. The van der Waals surface area contributed by atoms with Crippen molar-refractivity contribution in [2.75, 3.05) is 0 Å². The van der Waals surface area contributed by atoms with Crippen LogP contribution in [0.3, 0.4) is 0 Å². The highest BCUT2D eigenvalue weighted by atomic mass is 35.5. The standard InChI is InChI=1S/C22H21ClN2O4/c1-13-4-2-3-5-19(13)25-21(26)15(12-24)10-16-7-9-20(29-16)14-6-8-18(23)17(11-14)22(27)28/h6-11,13,19H,2-5H2,1H3,(H,25,26)(H,27,28)/b15-10+/t13-,19+/m1/s1. The van der Waals surface area contributed by atoms with Crippen LogP contribution in [0.25, 0.3) is 17.4 Å². The Morgan fingerprint density at radius 3 is 2.72 bits per heavy atom. The second kappa shape index (κ2) is 8.97. The summed E-state index contributed by atoms with van der Waals surface area (Å²) in [7, 11) is 0. The summed E-state index contributed by atoms with van der Waals surface area (Å²) in [5.74, 6) is -0.423. The molecule has 0 unspecified atom stereocenters. The fourth-order valence-electron chi connectivity index (χ4n) is 3.50. The van der Waals surface area contributed by atoms with Gasteiger partial charge in [0.2, 0.25) is 0 Å². The molecular weight excluding hydrogens is 392 g/mol. The monoisotopic (exact) mass is 412 g/mol. The quantitative estimate of drug-likeness (QED) is 0.537. The molecule has 1 saturated carbocycles.